The van der Waals surface area contributed by atoms with E-state index >= 15 is 0 Å². The minimum Gasteiger partial charge on any atom is -0.372 e. The van der Waals surface area contributed by atoms with E-state index in [1.807, 2.05) is 12.1 Å². The van der Waals surface area contributed by atoms with Gasteiger partial charge >= 0.3 is 0 Å². The maximum atomic E-state index is 12.1. The van der Waals surface area contributed by atoms with Crippen molar-refractivity contribution in [1.82, 2.24) is 0 Å². The molecule has 2 aromatic rings. The molecule has 1 saturated heterocycles. The maximum Gasteiger partial charge on any atom is 0.228 e. The Labute approximate surface area is 142 Å². The van der Waals surface area contributed by atoms with Crippen LogP contribution in [0.15, 0.2) is 48.5 Å². The van der Waals surface area contributed by atoms with E-state index in [0.29, 0.717) is 17.7 Å². The van der Waals surface area contributed by atoms with Crippen LogP contribution in [0, 0.1) is 11.3 Å². The molecule has 1 fully saturated rings. The largest absolute Gasteiger partial charge is 0.372 e. The second-order valence-electron chi connectivity index (χ2n) is 6.13. The summed E-state index contributed by atoms with van der Waals surface area (Å²) in [6.07, 6.45) is 4.19. The van der Waals surface area contributed by atoms with Crippen LogP contribution in [-0.2, 0) is 11.2 Å². The van der Waals surface area contributed by atoms with Gasteiger partial charge in [-0.1, -0.05) is 12.1 Å². The van der Waals surface area contributed by atoms with Crippen LogP contribution >= 0.6 is 0 Å². The Hall–Kier alpha value is -2.80. The molecule has 1 heterocycles. The molecule has 1 amide bonds. The third kappa shape index (κ3) is 4.14. The molecule has 0 atom stereocenters. The number of amides is 1. The third-order valence-corrected chi connectivity index (χ3v) is 4.32. The standard InChI is InChI=1S/C20H21N3O/c21-15-17-4-8-18(9-5-17)22-20(24)14-16-6-10-19(11-7-16)23-12-2-1-3-13-23/h4-11H,1-3,12-14H2,(H,22,24). The molecule has 0 saturated carbocycles. The van der Waals surface area contributed by atoms with Gasteiger partial charge in [0.15, 0.2) is 0 Å². The van der Waals surface area contributed by atoms with E-state index in [1.54, 1.807) is 24.3 Å². The van der Waals surface area contributed by atoms with Gasteiger partial charge in [-0.25, -0.2) is 0 Å². The van der Waals surface area contributed by atoms with Gasteiger partial charge < -0.3 is 10.2 Å². The summed E-state index contributed by atoms with van der Waals surface area (Å²) in [7, 11) is 0. The molecule has 1 aliphatic rings. The second-order valence-corrected chi connectivity index (χ2v) is 6.13. The van der Waals surface area contributed by atoms with Crippen molar-refractivity contribution < 1.29 is 4.79 Å². The predicted molar refractivity (Wildman–Crippen MR) is 96.0 cm³/mol. The van der Waals surface area contributed by atoms with Crippen LogP contribution in [0.25, 0.3) is 0 Å². The zero-order valence-electron chi connectivity index (χ0n) is 13.7. The number of anilines is 2. The van der Waals surface area contributed by atoms with Crippen molar-refractivity contribution in [1.29, 1.82) is 5.26 Å². The van der Waals surface area contributed by atoms with E-state index in [0.717, 1.165) is 18.7 Å². The van der Waals surface area contributed by atoms with Crippen molar-refractivity contribution in [3.8, 4) is 6.07 Å². The van der Waals surface area contributed by atoms with Gasteiger partial charge in [0, 0.05) is 24.5 Å². The lowest BCUT2D eigenvalue weighted by atomic mass is 10.1. The number of rotatable bonds is 4. The van der Waals surface area contributed by atoms with Gasteiger partial charge in [0.05, 0.1) is 18.1 Å². The van der Waals surface area contributed by atoms with Gasteiger partial charge in [-0.3, -0.25) is 4.79 Å². The first kappa shape index (κ1) is 16.1. The summed E-state index contributed by atoms with van der Waals surface area (Å²) in [5.74, 6) is -0.0505. The highest BCUT2D eigenvalue weighted by Gasteiger charge is 2.11. The number of carbonyl (C=O) groups excluding carboxylic acids is 1. The predicted octanol–water partition coefficient (Wildman–Crippen LogP) is 3.73. The second kappa shape index (κ2) is 7.65. The highest BCUT2D eigenvalue weighted by Crippen LogP contribution is 2.20. The summed E-state index contributed by atoms with van der Waals surface area (Å²) >= 11 is 0. The first-order valence-corrected chi connectivity index (χ1v) is 8.38. The number of nitriles is 1. The average molecular weight is 319 g/mol. The van der Waals surface area contributed by atoms with E-state index in [4.69, 9.17) is 5.26 Å². The van der Waals surface area contributed by atoms with Gasteiger partial charge in [0.25, 0.3) is 0 Å². The highest BCUT2D eigenvalue weighted by molar-refractivity contribution is 5.92. The van der Waals surface area contributed by atoms with E-state index in [2.05, 4.69) is 28.4 Å². The summed E-state index contributed by atoms with van der Waals surface area (Å²) in [5.41, 5.74) is 3.54. The van der Waals surface area contributed by atoms with Crippen molar-refractivity contribution in [3.63, 3.8) is 0 Å². The fraction of sp³-hybridized carbons (Fsp3) is 0.300. The van der Waals surface area contributed by atoms with Crippen LogP contribution in [0.4, 0.5) is 11.4 Å². The van der Waals surface area contributed by atoms with Crippen molar-refractivity contribution >= 4 is 17.3 Å². The topological polar surface area (TPSA) is 56.1 Å². The van der Waals surface area contributed by atoms with E-state index < -0.39 is 0 Å². The van der Waals surface area contributed by atoms with E-state index in [-0.39, 0.29) is 5.91 Å². The van der Waals surface area contributed by atoms with Gasteiger partial charge in [-0.15, -0.1) is 0 Å². The Morgan fingerprint density at radius 3 is 2.29 bits per heavy atom. The summed E-state index contributed by atoms with van der Waals surface area (Å²) in [4.78, 5) is 14.5. The Morgan fingerprint density at radius 2 is 1.67 bits per heavy atom. The minimum atomic E-state index is -0.0505. The fourth-order valence-corrected chi connectivity index (χ4v) is 3.00. The van der Waals surface area contributed by atoms with Crippen molar-refractivity contribution in [3.05, 3.63) is 59.7 Å². The smallest absolute Gasteiger partial charge is 0.228 e. The van der Waals surface area contributed by atoms with Crippen molar-refractivity contribution in [2.75, 3.05) is 23.3 Å². The van der Waals surface area contributed by atoms with Crippen LogP contribution in [0.5, 0.6) is 0 Å². The molecule has 2 aromatic carbocycles. The lowest BCUT2D eigenvalue weighted by Crippen LogP contribution is -2.29. The highest BCUT2D eigenvalue weighted by atomic mass is 16.1. The minimum absolute atomic E-state index is 0.0505. The Morgan fingerprint density at radius 1 is 1.00 bits per heavy atom. The Balaban J connectivity index is 1.56. The van der Waals surface area contributed by atoms with Crippen LogP contribution < -0.4 is 10.2 Å². The molecule has 0 aromatic heterocycles. The summed E-state index contributed by atoms with van der Waals surface area (Å²) in [6, 6.07) is 17.2. The lowest BCUT2D eigenvalue weighted by molar-refractivity contribution is -0.115. The van der Waals surface area contributed by atoms with Crippen LogP contribution in [0.3, 0.4) is 0 Å². The van der Waals surface area contributed by atoms with Crippen LogP contribution in [-0.4, -0.2) is 19.0 Å². The number of nitrogens with one attached hydrogen (secondary N) is 1. The summed E-state index contributed by atoms with van der Waals surface area (Å²) in [5, 5.41) is 11.6. The molecule has 0 unspecified atom stereocenters. The molecule has 0 radical (unpaired) electrons. The average Bonchev–Trinajstić information content (AvgIpc) is 2.64. The number of hydrogen-bond acceptors (Lipinski definition) is 3. The molecule has 3 rings (SSSR count). The molecule has 1 N–H and O–H groups in total. The molecule has 0 aliphatic carbocycles. The van der Waals surface area contributed by atoms with Crippen molar-refractivity contribution in [2.24, 2.45) is 0 Å². The van der Waals surface area contributed by atoms with Gasteiger partial charge in [-0.2, -0.15) is 5.26 Å². The van der Waals surface area contributed by atoms with Crippen molar-refractivity contribution in [2.45, 2.75) is 25.7 Å². The zero-order chi connectivity index (χ0) is 16.8. The molecule has 1 aliphatic heterocycles. The molecular weight excluding hydrogens is 298 g/mol. The monoisotopic (exact) mass is 319 g/mol. The van der Waals surface area contributed by atoms with Gasteiger partial charge in [0.1, 0.15) is 0 Å². The number of piperidine rings is 1. The molecule has 0 bridgehead atoms. The zero-order valence-corrected chi connectivity index (χ0v) is 13.7. The molecule has 0 spiro atoms. The number of hydrogen-bond donors (Lipinski definition) is 1. The molecule has 122 valence electrons. The third-order valence-electron chi connectivity index (χ3n) is 4.32. The normalized spacial score (nSPS) is 14.0. The first-order chi connectivity index (χ1) is 11.7. The maximum absolute atomic E-state index is 12.1. The number of carbonyl (C=O) groups is 1. The number of benzene rings is 2. The lowest BCUT2D eigenvalue weighted by Gasteiger charge is -2.28. The molecule has 4 heteroatoms. The molecule has 4 nitrogen and oxygen atoms in total. The van der Waals surface area contributed by atoms with E-state index in [1.165, 1.54) is 24.9 Å². The Bertz CT molecular complexity index is 723. The number of nitrogens with zero attached hydrogens (tertiary/aromatic N) is 2. The van der Waals surface area contributed by atoms with Gasteiger partial charge in [0.2, 0.25) is 5.91 Å². The molecule has 24 heavy (non-hydrogen) atoms. The Kier molecular flexibility index (Phi) is 5.12. The summed E-state index contributed by atoms with van der Waals surface area (Å²) < 4.78 is 0. The SMILES string of the molecule is N#Cc1ccc(NC(=O)Cc2ccc(N3CCCCC3)cc2)cc1. The molecular formula is C20H21N3O. The van der Waals surface area contributed by atoms with Crippen LogP contribution in [0.2, 0.25) is 0 Å². The van der Waals surface area contributed by atoms with Gasteiger partial charge in [-0.05, 0) is 61.2 Å². The quantitative estimate of drug-likeness (QED) is 0.934. The first-order valence-electron chi connectivity index (χ1n) is 8.38. The van der Waals surface area contributed by atoms with E-state index in [9.17, 15) is 4.79 Å². The fourth-order valence-electron chi connectivity index (χ4n) is 3.00. The van der Waals surface area contributed by atoms with Crippen LogP contribution in [0.1, 0.15) is 30.4 Å². The summed E-state index contributed by atoms with van der Waals surface area (Å²) in [6.45, 7) is 2.25.